The summed E-state index contributed by atoms with van der Waals surface area (Å²) in [6, 6.07) is 4.47. The lowest BCUT2D eigenvalue weighted by molar-refractivity contribution is -0.135. The first-order valence-corrected chi connectivity index (χ1v) is 12.5. The van der Waals surface area contributed by atoms with Crippen LogP contribution in [0.15, 0.2) is 18.2 Å². The minimum atomic E-state index is -0.335. The molecule has 35 heavy (non-hydrogen) atoms. The number of fused-ring (bicyclic) bond motifs is 1. The molecule has 1 aliphatic carbocycles. The second-order valence-corrected chi connectivity index (χ2v) is 10.3. The van der Waals surface area contributed by atoms with Crippen LogP contribution in [0.5, 0.6) is 5.75 Å². The first-order valence-electron chi connectivity index (χ1n) is 12.5. The van der Waals surface area contributed by atoms with Gasteiger partial charge in [0.15, 0.2) is 0 Å². The summed E-state index contributed by atoms with van der Waals surface area (Å²) in [5.74, 6) is 0.828. The number of hydrogen-bond donors (Lipinski definition) is 2. The number of likely N-dealkylation sites (N-methyl/N-ethyl adjacent to an activating group) is 1. The summed E-state index contributed by atoms with van der Waals surface area (Å²) in [6.07, 6.45) is 2.56. The zero-order valence-electron chi connectivity index (χ0n) is 21.8. The van der Waals surface area contributed by atoms with Gasteiger partial charge >= 0.3 is 6.03 Å². The highest BCUT2D eigenvalue weighted by Gasteiger charge is 2.33. The van der Waals surface area contributed by atoms with E-state index in [0.717, 1.165) is 12.8 Å². The van der Waals surface area contributed by atoms with Crippen LogP contribution >= 0.6 is 0 Å². The van der Waals surface area contributed by atoms with Gasteiger partial charge in [-0.15, -0.1) is 0 Å². The van der Waals surface area contributed by atoms with Crippen molar-refractivity contribution in [2.45, 2.75) is 65.1 Å². The van der Waals surface area contributed by atoms with Crippen molar-refractivity contribution in [1.82, 2.24) is 15.1 Å². The fraction of sp³-hybridized carbons (Fsp3) is 0.654. The van der Waals surface area contributed by atoms with E-state index in [1.807, 2.05) is 25.7 Å². The molecule has 2 N–H and O–H groups in total. The molecule has 0 spiro atoms. The highest BCUT2D eigenvalue weighted by Crippen LogP contribution is 2.33. The fourth-order valence-corrected chi connectivity index (χ4v) is 4.31. The van der Waals surface area contributed by atoms with Crippen molar-refractivity contribution in [2.24, 2.45) is 11.8 Å². The number of carbonyl (C=O) groups excluding carboxylic acids is 3. The first kappa shape index (κ1) is 26.8. The van der Waals surface area contributed by atoms with Crippen molar-refractivity contribution in [2.75, 3.05) is 39.2 Å². The lowest BCUT2D eigenvalue weighted by atomic mass is 10.0. The third-order valence-corrected chi connectivity index (χ3v) is 6.60. The normalized spacial score (nSPS) is 23.6. The van der Waals surface area contributed by atoms with Gasteiger partial charge in [0.2, 0.25) is 5.91 Å². The van der Waals surface area contributed by atoms with Crippen molar-refractivity contribution in [1.29, 1.82) is 0 Å². The predicted octanol–water partition coefficient (Wildman–Crippen LogP) is 3.35. The minimum Gasteiger partial charge on any atom is -0.491 e. The molecule has 0 unspecified atom stereocenters. The van der Waals surface area contributed by atoms with Crippen LogP contribution < -0.4 is 15.4 Å². The van der Waals surface area contributed by atoms with E-state index >= 15 is 0 Å². The van der Waals surface area contributed by atoms with Gasteiger partial charge in [-0.25, -0.2) is 4.79 Å². The maximum atomic E-state index is 13.3. The summed E-state index contributed by atoms with van der Waals surface area (Å²) in [5.41, 5.74) is 0.913. The fourth-order valence-electron chi connectivity index (χ4n) is 4.31. The van der Waals surface area contributed by atoms with Crippen LogP contribution in [0, 0.1) is 11.8 Å². The standard InChI is InChI=1S/C26H40N4O5/c1-16(2)27-26(33)28-20-9-10-21-22(12-20)35-15-18(4)30(24(31)11-19-7-8-19)13-17(3)23(34-6)14-29(5)25(21)32/h9-10,12,16-19,23H,7-8,11,13-15H2,1-6H3,(H2,27,28,33)/t17-,18+,23+/m1/s1. The van der Waals surface area contributed by atoms with Crippen molar-refractivity contribution in [3.63, 3.8) is 0 Å². The van der Waals surface area contributed by atoms with E-state index in [-0.39, 0.29) is 48.6 Å². The number of carbonyl (C=O) groups is 3. The lowest BCUT2D eigenvalue weighted by Gasteiger charge is -2.36. The molecule has 1 fully saturated rings. The predicted molar refractivity (Wildman–Crippen MR) is 135 cm³/mol. The van der Waals surface area contributed by atoms with E-state index in [1.165, 1.54) is 0 Å². The maximum absolute atomic E-state index is 13.3. The molecule has 1 aromatic carbocycles. The van der Waals surface area contributed by atoms with E-state index in [1.54, 1.807) is 37.3 Å². The average molecular weight is 489 g/mol. The van der Waals surface area contributed by atoms with E-state index in [9.17, 15) is 14.4 Å². The summed E-state index contributed by atoms with van der Waals surface area (Å²) in [6.45, 7) is 8.91. The SMILES string of the molecule is CO[C@H]1CN(C)C(=O)c2ccc(NC(=O)NC(C)C)cc2OC[C@H](C)N(C(=O)CC2CC2)C[C@H]1C. The van der Waals surface area contributed by atoms with Crippen LogP contribution in [0.2, 0.25) is 0 Å². The summed E-state index contributed by atoms with van der Waals surface area (Å²) in [5, 5.41) is 5.57. The Labute approximate surface area is 208 Å². The second kappa shape index (κ2) is 11.7. The largest absolute Gasteiger partial charge is 0.491 e. The molecule has 9 nitrogen and oxygen atoms in total. The quantitative estimate of drug-likeness (QED) is 0.662. The van der Waals surface area contributed by atoms with Crippen LogP contribution in [-0.4, -0.2) is 79.7 Å². The molecule has 194 valence electrons. The van der Waals surface area contributed by atoms with E-state index in [0.29, 0.717) is 42.4 Å². The molecule has 3 rings (SSSR count). The zero-order chi connectivity index (χ0) is 25.7. The van der Waals surface area contributed by atoms with Crippen LogP contribution in [-0.2, 0) is 9.53 Å². The zero-order valence-corrected chi connectivity index (χ0v) is 21.8. The number of hydrogen-bond acceptors (Lipinski definition) is 5. The molecule has 1 heterocycles. The average Bonchev–Trinajstić information content (AvgIpc) is 3.61. The molecule has 2 aliphatic rings. The molecular formula is C26H40N4O5. The molecule has 1 aliphatic heterocycles. The monoisotopic (exact) mass is 488 g/mol. The number of urea groups is 1. The van der Waals surface area contributed by atoms with Gasteiger partial charge in [0.05, 0.1) is 17.7 Å². The number of amides is 4. The molecule has 1 saturated carbocycles. The number of ether oxygens (including phenoxy) is 2. The molecule has 1 aromatic rings. The highest BCUT2D eigenvalue weighted by atomic mass is 16.5. The van der Waals surface area contributed by atoms with Gasteiger partial charge in [-0.05, 0) is 51.7 Å². The lowest BCUT2D eigenvalue weighted by Crippen LogP contribution is -2.48. The topological polar surface area (TPSA) is 100 Å². The van der Waals surface area contributed by atoms with Gasteiger partial charge < -0.3 is 29.9 Å². The van der Waals surface area contributed by atoms with Gasteiger partial charge in [-0.3, -0.25) is 9.59 Å². The molecule has 0 bridgehead atoms. The Morgan fingerprint density at radius 1 is 1.20 bits per heavy atom. The summed E-state index contributed by atoms with van der Waals surface area (Å²) in [7, 11) is 3.37. The third kappa shape index (κ3) is 7.34. The number of nitrogens with zero attached hydrogens (tertiary/aromatic N) is 2. The van der Waals surface area contributed by atoms with Crippen LogP contribution in [0.3, 0.4) is 0 Å². The van der Waals surface area contributed by atoms with Crippen molar-refractivity contribution in [3.05, 3.63) is 23.8 Å². The van der Waals surface area contributed by atoms with Gasteiger partial charge in [-0.2, -0.15) is 0 Å². The molecule has 3 atom stereocenters. The number of nitrogens with one attached hydrogen (secondary N) is 2. The molecule has 0 saturated heterocycles. The Kier molecular flexibility index (Phi) is 8.99. The van der Waals surface area contributed by atoms with Crippen molar-refractivity contribution < 1.29 is 23.9 Å². The maximum Gasteiger partial charge on any atom is 0.319 e. The van der Waals surface area contributed by atoms with Crippen LogP contribution in [0.4, 0.5) is 10.5 Å². The molecule has 9 heteroatoms. The Bertz CT molecular complexity index is 917. The second-order valence-electron chi connectivity index (χ2n) is 10.3. The minimum absolute atomic E-state index is 0.0121. The molecular weight excluding hydrogens is 448 g/mol. The van der Waals surface area contributed by atoms with Crippen molar-refractivity contribution in [3.8, 4) is 5.75 Å². The Morgan fingerprint density at radius 3 is 2.54 bits per heavy atom. The smallest absolute Gasteiger partial charge is 0.319 e. The Morgan fingerprint density at radius 2 is 1.91 bits per heavy atom. The number of methoxy groups -OCH3 is 1. The summed E-state index contributed by atoms with van der Waals surface area (Å²) in [4.78, 5) is 42.2. The third-order valence-electron chi connectivity index (χ3n) is 6.60. The summed E-state index contributed by atoms with van der Waals surface area (Å²) >= 11 is 0. The molecule has 0 aromatic heterocycles. The van der Waals surface area contributed by atoms with Gasteiger partial charge in [-0.1, -0.05) is 6.92 Å². The molecule has 0 radical (unpaired) electrons. The summed E-state index contributed by atoms with van der Waals surface area (Å²) < 4.78 is 11.9. The van der Waals surface area contributed by atoms with Crippen LogP contribution in [0.25, 0.3) is 0 Å². The first-order chi connectivity index (χ1) is 16.6. The van der Waals surface area contributed by atoms with E-state index in [2.05, 4.69) is 17.6 Å². The number of anilines is 1. The number of benzene rings is 1. The van der Waals surface area contributed by atoms with Gasteiger partial charge in [0.1, 0.15) is 12.4 Å². The van der Waals surface area contributed by atoms with E-state index < -0.39 is 0 Å². The molecule has 4 amide bonds. The van der Waals surface area contributed by atoms with Crippen LogP contribution in [0.1, 0.15) is 57.3 Å². The highest BCUT2D eigenvalue weighted by molar-refractivity contribution is 5.98. The Hall–Kier alpha value is -2.81. The van der Waals surface area contributed by atoms with Crippen molar-refractivity contribution >= 4 is 23.5 Å². The Balaban J connectivity index is 1.90. The van der Waals surface area contributed by atoms with E-state index in [4.69, 9.17) is 9.47 Å². The van der Waals surface area contributed by atoms with Gasteiger partial charge in [0.25, 0.3) is 5.91 Å². The number of rotatable bonds is 5. The van der Waals surface area contributed by atoms with Gasteiger partial charge in [0, 0.05) is 57.4 Å².